The highest BCUT2D eigenvalue weighted by molar-refractivity contribution is 7.91. The topological polar surface area (TPSA) is 106 Å². The smallest absolute Gasteiger partial charge is 0.358 e. The number of hydrogen-bond acceptors (Lipinski definition) is 8. The van der Waals surface area contributed by atoms with Crippen molar-refractivity contribution in [2.24, 2.45) is 0 Å². The average Bonchev–Trinajstić information content (AvgIpc) is 3.32. The summed E-state index contributed by atoms with van der Waals surface area (Å²) >= 11 is 1.24. The minimum Gasteiger partial charge on any atom is -0.451 e. The molecule has 0 aliphatic carbocycles. The van der Waals surface area contributed by atoms with Crippen molar-refractivity contribution >= 4 is 43.9 Å². The van der Waals surface area contributed by atoms with Gasteiger partial charge in [-0.15, -0.1) is 17.9 Å². The van der Waals surface area contributed by atoms with E-state index in [-0.39, 0.29) is 17.2 Å². The summed E-state index contributed by atoms with van der Waals surface area (Å²) in [7, 11) is -3.19. The fourth-order valence-corrected chi connectivity index (χ4v) is 5.39. The average molecular weight is 436 g/mol. The Balaban J connectivity index is 1.68. The number of carbonyl (C=O) groups excluding carboxylic acids is 2. The molecule has 1 N–H and O–H groups in total. The van der Waals surface area contributed by atoms with Crippen molar-refractivity contribution in [1.29, 1.82) is 0 Å². The second kappa shape index (κ2) is 9.19. The van der Waals surface area contributed by atoms with Crippen molar-refractivity contribution in [3.05, 3.63) is 54.1 Å². The lowest BCUT2D eigenvalue weighted by Gasteiger charge is -2.28. The van der Waals surface area contributed by atoms with Gasteiger partial charge in [-0.3, -0.25) is 4.79 Å². The molecule has 8 nitrogen and oxygen atoms in total. The first-order valence-corrected chi connectivity index (χ1v) is 11.6. The number of thiazole rings is 1. The van der Waals surface area contributed by atoms with Crippen molar-refractivity contribution in [2.45, 2.75) is 12.5 Å². The third-order valence-corrected chi connectivity index (χ3v) is 6.86. The molecule has 0 bridgehead atoms. The molecule has 1 aliphatic rings. The predicted octanol–water partition coefficient (Wildman–Crippen LogP) is 2.12. The Bertz CT molecular complexity index is 988. The Morgan fingerprint density at radius 2 is 2.10 bits per heavy atom. The molecule has 0 unspecified atom stereocenters. The summed E-state index contributed by atoms with van der Waals surface area (Å²) in [6.45, 7) is 3.60. The number of anilines is 2. The zero-order valence-corrected chi connectivity index (χ0v) is 17.2. The standard InChI is InChI=1S/C19H21N3O5S2/c1-2-9-20-19-21-16(12-28-19)18(24)27-11-17(23)22(14-6-4-3-5-7-14)15-8-10-29(25,26)13-15/h2-7,12,15H,1,8-11,13H2,(H,20,21)/t15-/m0/s1. The molecular formula is C19H21N3O5S2. The maximum Gasteiger partial charge on any atom is 0.358 e. The third-order valence-electron chi connectivity index (χ3n) is 4.31. The zero-order valence-electron chi connectivity index (χ0n) is 15.6. The number of sulfone groups is 1. The second-order valence-corrected chi connectivity index (χ2v) is 9.53. The highest BCUT2D eigenvalue weighted by atomic mass is 32.2. The Hall–Kier alpha value is -2.72. The van der Waals surface area contributed by atoms with Gasteiger partial charge >= 0.3 is 5.97 Å². The Morgan fingerprint density at radius 3 is 2.76 bits per heavy atom. The molecule has 1 aromatic heterocycles. The zero-order chi connectivity index (χ0) is 20.9. The summed E-state index contributed by atoms with van der Waals surface area (Å²) in [5.74, 6) is -1.26. The second-order valence-electron chi connectivity index (χ2n) is 6.44. The van der Waals surface area contributed by atoms with Gasteiger partial charge in [0.1, 0.15) is 0 Å². The van der Waals surface area contributed by atoms with E-state index in [1.54, 1.807) is 36.4 Å². The summed E-state index contributed by atoms with van der Waals surface area (Å²) in [6, 6.07) is 8.29. The third kappa shape index (κ3) is 5.42. The first kappa shape index (κ1) is 21.0. The van der Waals surface area contributed by atoms with E-state index in [1.807, 2.05) is 0 Å². The molecule has 1 amide bonds. The summed E-state index contributed by atoms with van der Waals surface area (Å²) in [5.41, 5.74) is 0.671. The largest absolute Gasteiger partial charge is 0.451 e. The first-order valence-electron chi connectivity index (χ1n) is 8.94. The van der Waals surface area contributed by atoms with Crippen molar-refractivity contribution < 1.29 is 22.7 Å². The van der Waals surface area contributed by atoms with E-state index in [2.05, 4.69) is 16.9 Å². The summed E-state index contributed by atoms with van der Waals surface area (Å²) in [5, 5.41) is 5.05. The van der Waals surface area contributed by atoms with E-state index in [1.165, 1.54) is 21.6 Å². The van der Waals surface area contributed by atoms with E-state index in [0.717, 1.165) is 0 Å². The molecular weight excluding hydrogens is 414 g/mol. The van der Waals surface area contributed by atoms with Crippen LogP contribution in [-0.2, 0) is 19.4 Å². The molecule has 1 saturated heterocycles. The number of aromatic nitrogens is 1. The maximum atomic E-state index is 12.8. The van der Waals surface area contributed by atoms with Crippen LogP contribution in [0.15, 0.2) is 48.4 Å². The Kier molecular flexibility index (Phi) is 6.65. The maximum absolute atomic E-state index is 12.8. The van der Waals surface area contributed by atoms with Crippen molar-refractivity contribution in [3.8, 4) is 0 Å². The van der Waals surface area contributed by atoms with Gasteiger partial charge in [0.15, 0.2) is 27.3 Å². The first-order chi connectivity index (χ1) is 13.9. The molecule has 0 radical (unpaired) electrons. The normalized spacial score (nSPS) is 17.4. The quantitative estimate of drug-likeness (QED) is 0.500. The lowest BCUT2D eigenvalue weighted by molar-refractivity contribution is -0.122. The molecule has 3 rings (SSSR count). The number of nitrogens with one attached hydrogen (secondary N) is 1. The number of nitrogens with zero attached hydrogens (tertiary/aromatic N) is 2. The van der Waals surface area contributed by atoms with Gasteiger partial charge in [0, 0.05) is 17.6 Å². The number of hydrogen-bond donors (Lipinski definition) is 1. The number of esters is 1. The fourth-order valence-electron chi connectivity index (χ4n) is 3.00. The van der Waals surface area contributed by atoms with Gasteiger partial charge in [-0.05, 0) is 18.6 Å². The Morgan fingerprint density at radius 1 is 1.34 bits per heavy atom. The molecule has 2 aromatic rings. The van der Waals surface area contributed by atoms with Crippen LogP contribution in [0.2, 0.25) is 0 Å². The molecule has 29 heavy (non-hydrogen) atoms. The SMILES string of the molecule is C=CCNc1nc(C(=O)OCC(=O)N(c2ccccc2)[C@H]2CCS(=O)(=O)C2)cs1. The lowest BCUT2D eigenvalue weighted by Crippen LogP contribution is -2.43. The van der Waals surface area contributed by atoms with Crippen LogP contribution in [0.25, 0.3) is 0 Å². The van der Waals surface area contributed by atoms with Gasteiger partial charge < -0.3 is 15.0 Å². The van der Waals surface area contributed by atoms with Gasteiger partial charge in [-0.2, -0.15) is 0 Å². The van der Waals surface area contributed by atoms with Crippen LogP contribution in [0.5, 0.6) is 0 Å². The van der Waals surface area contributed by atoms with E-state index in [9.17, 15) is 18.0 Å². The number of para-hydroxylation sites is 1. The van der Waals surface area contributed by atoms with Gasteiger partial charge in [0.2, 0.25) is 0 Å². The monoisotopic (exact) mass is 435 g/mol. The number of benzene rings is 1. The van der Waals surface area contributed by atoms with Crippen LogP contribution in [0, 0.1) is 0 Å². The van der Waals surface area contributed by atoms with Crippen LogP contribution in [0.1, 0.15) is 16.9 Å². The fraction of sp³-hybridized carbons (Fsp3) is 0.316. The minimum absolute atomic E-state index is 0.0351. The summed E-state index contributed by atoms with van der Waals surface area (Å²) in [4.78, 5) is 30.6. The van der Waals surface area contributed by atoms with E-state index < -0.39 is 34.4 Å². The molecule has 1 fully saturated rings. The molecule has 0 saturated carbocycles. The molecule has 10 heteroatoms. The van der Waals surface area contributed by atoms with E-state index >= 15 is 0 Å². The van der Waals surface area contributed by atoms with Crippen molar-refractivity contribution in [1.82, 2.24) is 4.98 Å². The number of carbonyl (C=O) groups is 2. The van der Waals surface area contributed by atoms with Crippen LogP contribution in [-0.4, -0.2) is 56.0 Å². The van der Waals surface area contributed by atoms with Crippen molar-refractivity contribution in [3.63, 3.8) is 0 Å². The van der Waals surface area contributed by atoms with E-state index in [4.69, 9.17) is 4.74 Å². The van der Waals surface area contributed by atoms with Crippen LogP contribution in [0.4, 0.5) is 10.8 Å². The number of amides is 1. The van der Waals surface area contributed by atoms with E-state index in [0.29, 0.717) is 23.8 Å². The minimum atomic E-state index is -3.19. The highest BCUT2D eigenvalue weighted by Crippen LogP contribution is 2.25. The molecule has 0 spiro atoms. The van der Waals surface area contributed by atoms with Gasteiger partial charge in [-0.1, -0.05) is 24.3 Å². The van der Waals surface area contributed by atoms with Gasteiger partial charge in [-0.25, -0.2) is 18.2 Å². The summed E-state index contributed by atoms with van der Waals surface area (Å²) < 4.78 is 28.9. The van der Waals surface area contributed by atoms with Gasteiger partial charge in [0.05, 0.1) is 17.5 Å². The molecule has 154 valence electrons. The van der Waals surface area contributed by atoms with Crippen LogP contribution >= 0.6 is 11.3 Å². The molecule has 2 heterocycles. The number of ether oxygens (including phenoxy) is 1. The van der Waals surface area contributed by atoms with Crippen LogP contribution < -0.4 is 10.2 Å². The number of rotatable bonds is 8. The van der Waals surface area contributed by atoms with Gasteiger partial charge in [0.25, 0.3) is 5.91 Å². The molecule has 1 aromatic carbocycles. The predicted molar refractivity (Wildman–Crippen MR) is 112 cm³/mol. The molecule has 1 atom stereocenters. The molecule has 1 aliphatic heterocycles. The van der Waals surface area contributed by atoms with Crippen LogP contribution in [0.3, 0.4) is 0 Å². The lowest BCUT2D eigenvalue weighted by atomic mass is 10.2. The highest BCUT2D eigenvalue weighted by Gasteiger charge is 2.35. The Labute approximate surface area is 173 Å². The van der Waals surface area contributed by atoms with Crippen molar-refractivity contribution in [2.75, 3.05) is 34.9 Å². The summed E-state index contributed by atoms with van der Waals surface area (Å²) in [6.07, 6.45) is 2.01.